The molecule has 0 unspecified atom stereocenters. The van der Waals surface area contributed by atoms with E-state index in [1.807, 2.05) is 12.1 Å². The Morgan fingerprint density at radius 2 is 2.09 bits per heavy atom. The lowest BCUT2D eigenvalue weighted by Crippen LogP contribution is -2.19. The van der Waals surface area contributed by atoms with Gasteiger partial charge in [-0.3, -0.25) is 4.79 Å². The molecule has 4 heteroatoms. The van der Waals surface area contributed by atoms with Gasteiger partial charge in [-0.2, -0.15) is 0 Å². The smallest absolute Gasteiger partial charge is 0.304 e. The molecule has 0 amide bonds. The van der Waals surface area contributed by atoms with Crippen molar-refractivity contribution in [3.8, 4) is 5.75 Å². The summed E-state index contributed by atoms with van der Waals surface area (Å²) in [5.41, 5.74) is 1.27. The quantitative estimate of drug-likeness (QED) is 0.580. The van der Waals surface area contributed by atoms with Crippen molar-refractivity contribution in [3.63, 3.8) is 0 Å². The van der Waals surface area contributed by atoms with Gasteiger partial charge in [0, 0.05) is 6.54 Å². The third kappa shape index (κ3) is 9.40. The average molecular weight is 307 g/mol. The summed E-state index contributed by atoms with van der Waals surface area (Å²) in [6.07, 6.45) is 4.44. The number of rotatable bonds is 12. The van der Waals surface area contributed by atoms with Crippen LogP contribution in [-0.4, -0.2) is 30.8 Å². The van der Waals surface area contributed by atoms with Gasteiger partial charge in [0.1, 0.15) is 5.75 Å². The molecule has 0 spiro atoms. The van der Waals surface area contributed by atoms with Gasteiger partial charge >= 0.3 is 5.97 Å². The molecule has 124 valence electrons. The molecule has 0 fully saturated rings. The lowest BCUT2D eigenvalue weighted by molar-refractivity contribution is -0.136. The minimum absolute atomic E-state index is 0.180. The van der Waals surface area contributed by atoms with Crippen molar-refractivity contribution in [2.75, 3.05) is 19.7 Å². The van der Waals surface area contributed by atoms with Crippen LogP contribution in [0.1, 0.15) is 45.1 Å². The van der Waals surface area contributed by atoms with E-state index in [0.29, 0.717) is 6.54 Å². The van der Waals surface area contributed by atoms with E-state index in [0.717, 1.165) is 44.1 Å². The van der Waals surface area contributed by atoms with Crippen molar-refractivity contribution in [3.05, 3.63) is 29.8 Å². The molecule has 1 aromatic rings. The van der Waals surface area contributed by atoms with Crippen LogP contribution in [0.5, 0.6) is 5.75 Å². The maximum atomic E-state index is 10.4. The van der Waals surface area contributed by atoms with Crippen LogP contribution in [0.3, 0.4) is 0 Å². The minimum Gasteiger partial charge on any atom is -0.494 e. The first-order valence-electron chi connectivity index (χ1n) is 8.22. The molecule has 0 saturated carbocycles. The number of carboxylic acid groups (broad SMARTS) is 1. The Bertz CT molecular complexity index is 432. The summed E-state index contributed by atoms with van der Waals surface area (Å²) < 4.78 is 5.79. The van der Waals surface area contributed by atoms with Crippen molar-refractivity contribution in [1.29, 1.82) is 0 Å². The van der Waals surface area contributed by atoms with E-state index in [1.54, 1.807) is 0 Å². The second kappa shape index (κ2) is 11.1. The van der Waals surface area contributed by atoms with E-state index in [2.05, 4.69) is 31.3 Å². The number of aliphatic carboxylic acids is 1. The molecular weight excluding hydrogens is 278 g/mol. The fraction of sp³-hybridized carbons (Fsp3) is 0.611. The van der Waals surface area contributed by atoms with Gasteiger partial charge in [0.2, 0.25) is 0 Å². The number of aryl methyl sites for hydroxylation is 1. The molecule has 0 heterocycles. The van der Waals surface area contributed by atoms with Crippen LogP contribution in [0.2, 0.25) is 0 Å². The normalized spacial score (nSPS) is 10.9. The van der Waals surface area contributed by atoms with E-state index in [4.69, 9.17) is 9.84 Å². The molecule has 0 atom stereocenters. The zero-order valence-electron chi connectivity index (χ0n) is 13.8. The maximum absolute atomic E-state index is 10.4. The molecule has 0 bridgehead atoms. The summed E-state index contributed by atoms with van der Waals surface area (Å²) in [7, 11) is 0. The molecule has 0 radical (unpaired) electrons. The van der Waals surface area contributed by atoms with Gasteiger partial charge in [0.15, 0.2) is 0 Å². The Balaban J connectivity index is 2.19. The molecule has 0 aromatic heterocycles. The van der Waals surface area contributed by atoms with Gasteiger partial charge in [0.05, 0.1) is 13.0 Å². The third-order valence-corrected chi connectivity index (χ3v) is 3.43. The fourth-order valence-electron chi connectivity index (χ4n) is 2.21. The van der Waals surface area contributed by atoms with Crippen LogP contribution < -0.4 is 10.1 Å². The van der Waals surface area contributed by atoms with Gasteiger partial charge in [-0.15, -0.1) is 0 Å². The second-order valence-corrected chi connectivity index (χ2v) is 6.03. The Morgan fingerprint density at radius 1 is 1.27 bits per heavy atom. The largest absolute Gasteiger partial charge is 0.494 e. The van der Waals surface area contributed by atoms with E-state index in [1.165, 1.54) is 12.0 Å². The number of carboxylic acids is 1. The molecule has 2 N–H and O–H groups in total. The summed E-state index contributed by atoms with van der Waals surface area (Å²) in [5, 5.41) is 11.7. The summed E-state index contributed by atoms with van der Waals surface area (Å²) in [6, 6.07) is 8.25. The molecule has 1 aromatic carbocycles. The second-order valence-electron chi connectivity index (χ2n) is 6.03. The number of benzene rings is 1. The van der Waals surface area contributed by atoms with Gasteiger partial charge in [-0.05, 0) is 55.8 Å². The topological polar surface area (TPSA) is 58.6 Å². The fourth-order valence-corrected chi connectivity index (χ4v) is 2.21. The van der Waals surface area contributed by atoms with Crippen LogP contribution >= 0.6 is 0 Å². The predicted octanol–water partition coefficient (Wildman–Crippen LogP) is 3.50. The Labute approximate surface area is 133 Å². The van der Waals surface area contributed by atoms with E-state index in [9.17, 15) is 4.79 Å². The zero-order valence-corrected chi connectivity index (χ0v) is 13.8. The van der Waals surface area contributed by atoms with Crippen molar-refractivity contribution in [1.82, 2.24) is 5.32 Å². The van der Waals surface area contributed by atoms with E-state index in [-0.39, 0.29) is 6.42 Å². The number of carbonyl (C=O) groups is 1. The zero-order chi connectivity index (χ0) is 16.2. The molecule has 0 aliphatic rings. The molecular formula is C18H29NO3. The highest BCUT2D eigenvalue weighted by Crippen LogP contribution is 2.15. The molecule has 0 aliphatic heterocycles. The van der Waals surface area contributed by atoms with Crippen molar-refractivity contribution < 1.29 is 14.6 Å². The number of ether oxygens (including phenoxy) is 1. The Morgan fingerprint density at radius 3 is 2.82 bits per heavy atom. The first kappa shape index (κ1) is 18.5. The van der Waals surface area contributed by atoms with Gasteiger partial charge in [-0.25, -0.2) is 0 Å². The standard InChI is InChI=1S/C18H29NO3/c1-15(2)6-5-13-22-17-9-3-7-16(14-17)8-4-11-19-12-10-18(20)21/h3,7,9,14-15,19H,4-6,8,10-13H2,1-2H3,(H,20,21). The SMILES string of the molecule is CC(C)CCCOc1cccc(CCCNCCC(=O)O)c1. The Hall–Kier alpha value is -1.55. The molecule has 4 nitrogen and oxygen atoms in total. The summed E-state index contributed by atoms with van der Waals surface area (Å²) in [5.74, 6) is 0.915. The first-order chi connectivity index (χ1) is 10.6. The van der Waals surface area contributed by atoms with Crippen molar-refractivity contribution in [2.45, 2.75) is 46.0 Å². The maximum Gasteiger partial charge on any atom is 0.304 e. The Kier molecular flexibility index (Phi) is 9.31. The summed E-state index contributed by atoms with van der Waals surface area (Å²) in [4.78, 5) is 10.4. The highest BCUT2D eigenvalue weighted by Gasteiger charge is 2.00. The first-order valence-corrected chi connectivity index (χ1v) is 8.22. The molecule has 0 saturated heterocycles. The summed E-state index contributed by atoms with van der Waals surface area (Å²) >= 11 is 0. The lowest BCUT2D eigenvalue weighted by Gasteiger charge is -2.09. The van der Waals surface area contributed by atoms with Crippen LogP contribution in [-0.2, 0) is 11.2 Å². The van der Waals surface area contributed by atoms with Gasteiger partial charge in [0.25, 0.3) is 0 Å². The molecule has 1 rings (SSSR count). The number of nitrogens with one attached hydrogen (secondary N) is 1. The molecule has 22 heavy (non-hydrogen) atoms. The predicted molar refractivity (Wildman–Crippen MR) is 89.5 cm³/mol. The van der Waals surface area contributed by atoms with Crippen molar-refractivity contribution in [2.24, 2.45) is 5.92 Å². The third-order valence-electron chi connectivity index (χ3n) is 3.43. The highest BCUT2D eigenvalue weighted by atomic mass is 16.5. The van der Waals surface area contributed by atoms with Crippen LogP contribution in [0.15, 0.2) is 24.3 Å². The monoisotopic (exact) mass is 307 g/mol. The van der Waals surface area contributed by atoms with Crippen molar-refractivity contribution >= 4 is 5.97 Å². The average Bonchev–Trinajstić information content (AvgIpc) is 2.47. The van der Waals surface area contributed by atoms with Gasteiger partial charge in [-0.1, -0.05) is 26.0 Å². The lowest BCUT2D eigenvalue weighted by atomic mass is 10.1. The number of hydrogen-bond donors (Lipinski definition) is 2. The van der Waals surface area contributed by atoms with Crippen LogP contribution in [0.25, 0.3) is 0 Å². The summed E-state index contributed by atoms with van der Waals surface area (Å²) in [6.45, 7) is 6.61. The van der Waals surface area contributed by atoms with Gasteiger partial charge < -0.3 is 15.2 Å². The highest BCUT2D eigenvalue weighted by molar-refractivity contribution is 5.66. The van der Waals surface area contributed by atoms with Crippen LogP contribution in [0, 0.1) is 5.92 Å². The number of hydrogen-bond acceptors (Lipinski definition) is 3. The van der Waals surface area contributed by atoms with E-state index < -0.39 is 5.97 Å². The molecule has 0 aliphatic carbocycles. The minimum atomic E-state index is -0.755. The van der Waals surface area contributed by atoms with Crippen LogP contribution in [0.4, 0.5) is 0 Å². The van der Waals surface area contributed by atoms with E-state index >= 15 is 0 Å².